The van der Waals surface area contributed by atoms with Crippen LogP contribution in [0.25, 0.3) is 0 Å². The predicted octanol–water partition coefficient (Wildman–Crippen LogP) is 5.75. The fraction of sp³-hybridized carbons (Fsp3) is 0.645. The highest BCUT2D eigenvalue weighted by Crippen LogP contribution is 2.35. The van der Waals surface area contributed by atoms with Crippen molar-refractivity contribution in [1.82, 2.24) is 15.5 Å². The van der Waals surface area contributed by atoms with Gasteiger partial charge in [0.25, 0.3) is 0 Å². The van der Waals surface area contributed by atoms with E-state index in [1.54, 1.807) is 12.1 Å². The molecule has 1 amide bonds. The van der Waals surface area contributed by atoms with Gasteiger partial charge in [-0.2, -0.15) is 4.98 Å². The van der Waals surface area contributed by atoms with Gasteiger partial charge in [0, 0.05) is 36.3 Å². The van der Waals surface area contributed by atoms with E-state index in [0.717, 1.165) is 62.9 Å². The van der Waals surface area contributed by atoms with Gasteiger partial charge < -0.3 is 19.3 Å². The molecule has 0 radical (unpaired) electrons. The molecular formula is C31H43N3O6. The van der Waals surface area contributed by atoms with Crippen molar-refractivity contribution in [1.29, 1.82) is 0 Å². The first kappa shape index (κ1) is 29.7. The first-order valence-corrected chi connectivity index (χ1v) is 14.9. The molecule has 2 saturated carbocycles. The van der Waals surface area contributed by atoms with Gasteiger partial charge in [-0.1, -0.05) is 19.0 Å². The number of rotatable bonds is 12. The Labute approximate surface area is 236 Å². The van der Waals surface area contributed by atoms with Crippen LogP contribution < -0.4 is 10.1 Å². The number of nitrogens with one attached hydrogen (secondary N) is 1. The van der Waals surface area contributed by atoms with Crippen molar-refractivity contribution in [2.45, 2.75) is 103 Å². The topological polar surface area (TPSA) is 121 Å². The quantitative estimate of drug-likeness (QED) is 0.200. The van der Waals surface area contributed by atoms with E-state index < -0.39 is 0 Å². The Morgan fingerprint density at radius 3 is 2.27 bits per heavy atom. The number of hydrogen-bond donors (Lipinski definition) is 1. The molecule has 1 N–H and O–H groups in total. The number of benzene rings is 1. The fourth-order valence-electron chi connectivity index (χ4n) is 5.60. The third-order valence-corrected chi connectivity index (χ3v) is 8.07. The van der Waals surface area contributed by atoms with Crippen molar-refractivity contribution < 1.29 is 28.4 Å². The summed E-state index contributed by atoms with van der Waals surface area (Å²) in [5.74, 6) is 2.61. The number of nitrogens with zero attached hydrogens (tertiary/aromatic N) is 2. The minimum Gasteiger partial charge on any atom is -0.490 e. The van der Waals surface area contributed by atoms with E-state index in [0.29, 0.717) is 37.4 Å². The summed E-state index contributed by atoms with van der Waals surface area (Å²) in [5, 5.41) is 7.15. The molecule has 4 rings (SSSR count). The molecule has 40 heavy (non-hydrogen) atoms. The van der Waals surface area contributed by atoms with Crippen LogP contribution in [0.1, 0.15) is 119 Å². The summed E-state index contributed by atoms with van der Waals surface area (Å²) < 4.78 is 16.5. The minimum atomic E-state index is -0.104. The number of Topliss-reactive ketones (excluding diaryl/α,β-unsaturated/α-hetero) is 1. The lowest BCUT2D eigenvalue weighted by Gasteiger charge is -2.27. The molecule has 1 aromatic heterocycles. The van der Waals surface area contributed by atoms with Gasteiger partial charge in [0.05, 0.1) is 18.6 Å². The number of carbonyl (C=O) groups excluding carboxylic acids is 3. The maximum absolute atomic E-state index is 12.6. The average molecular weight is 554 g/mol. The largest absolute Gasteiger partial charge is 0.490 e. The molecule has 0 aliphatic heterocycles. The molecule has 0 spiro atoms. The Balaban J connectivity index is 1.11. The predicted molar refractivity (Wildman–Crippen MR) is 149 cm³/mol. The highest BCUT2D eigenvalue weighted by Gasteiger charge is 2.30. The maximum Gasteiger partial charge on any atom is 0.308 e. The van der Waals surface area contributed by atoms with Crippen LogP contribution in [-0.4, -0.2) is 47.1 Å². The van der Waals surface area contributed by atoms with Gasteiger partial charge in [0.2, 0.25) is 11.8 Å². The van der Waals surface area contributed by atoms with E-state index in [9.17, 15) is 14.4 Å². The molecule has 0 bridgehead atoms. The van der Waals surface area contributed by atoms with Crippen molar-refractivity contribution in [3.63, 3.8) is 0 Å². The Hall–Kier alpha value is -3.23. The van der Waals surface area contributed by atoms with Crippen molar-refractivity contribution >= 4 is 17.7 Å². The molecule has 2 aliphatic rings. The molecule has 9 heteroatoms. The summed E-state index contributed by atoms with van der Waals surface area (Å²) in [4.78, 5) is 41.7. The number of esters is 1. The third kappa shape index (κ3) is 8.15. The summed E-state index contributed by atoms with van der Waals surface area (Å²) in [6.45, 7) is 6.79. The summed E-state index contributed by atoms with van der Waals surface area (Å²) >= 11 is 0. The second kappa shape index (κ2) is 14.4. The van der Waals surface area contributed by atoms with E-state index in [-0.39, 0.29) is 47.4 Å². The van der Waals surface area contributed by atoms with Gasteiger partial charge >= 0.3 is 5.97 Å². The first-order valence-electron chi connectivity index (χ1n) is 14.9. The number of hydrogen-bond acceptors (Lipinski definition) is 8. The molecule has 2 aliphatic carbocycles. The number of amides is 1. The number of aromatic nitrogens is 2. The van der Waals surface area contributed by atoms with Crippen LogP contribution in [0.2, 0.25) is 0 Å². The van der Waals surface area contributed by atoms with Crippen LogP contribution in [0.5, 0.6) is 5.75 Å². The molecule has 1 aromatic carbocycles. The van der Waals surface area contributed by atoms with Crippen LogP contribution in [0.15, 0.2) is 28.8 Å². The van der Waals surface area contributed by atoms with Gasteiger partial charge in [0.1, 0.15) is 5.75 Å². The van der Waals surface area contributed by atoms with Gasteiger partial charge in [-0.05, 0) is 89.0 Å². The lowest BCUT2D eigenvalue weighted by Crippen LogP contribution is -2.33. The number of carbonyl (C=O) groups is 3. The van der Waals surface area contributed by atoms with Crippen LogP contribution in [0, 0.1) is 11.8 Å². The minimum absolute atomic E-state index is 0.00354. The van der Waals surface area contributed by atoms with E-state index in [4.69, 9.17) is 14.0 Å². The average Bonchev–Trinajstić information content (AvgIpc) is 3.47. The Morgan fingerprint density at radius 1 is 0.975 bits per heavy atom. The fourth-order valence-corrected chi connectivity index (χ4v) is 5.60. The summed E-state index contributed by atoms with van der Waals surface area (Å²) in [6, 6.07) is 7.27. The SMILES string of the molecule is CCOC(=O)C1CCC(Oc2ccc(C(=O)CCCNC(=O)C3CCC(c4noc(C(C)C)n4)CC3)cc2)CC1. The zero-order valence-corrected chi connectivity index (χ0v) is 24.0. The second-order valence-corrected chi connectivity index (χ2v) is 11.4. The molecule has 9 nitrogen and oxygen atoms in total. The standard InChI is InChI=1S/C31H43N3O6/c1-4-38-31(37)24-13-17-26(18-14-24)39-25-15-11-21(12-16-25)27(35)6-5-19-32-29(36)23-9-7-22(8-10-23)28-33-30(20(2)3)40-34-28/h11-12,15-16,20,22-24,26H,4-10,13-14,17-19H2,1-3H3,(H,32,36). The van der Waals surface area contributed by atoms with Crippen LogP contribution in [0.3, 0.4) is 0 Å². The van der Waals surface area contributed by atoms with Crippen LogP contribution in [0.4, 0.5) is 0 Å². The maximum atomic E-state index is 12.6. The lowest BCUT2D eigenvalue weighted by atomic mass is 9.81. The van der Waals surface area contributed by atoms with E-state index >= 15 is 0 Å². The smallest absolute Gasteiger partial charge is 0.308 e. The van der Waals surface area contributed by atoms with Crippen LogP contribution >= 0.6 is 0 Å². The monoisotopic (exact) mass is 553 g/mol. The molecule has 2 fully saturated rings. The zero-order chi connectivity index (χ0) is 28.5. The number of ketones is 1. The van der Waals surface area contributed by atoms with Crippen LogP contribution in [-0.2, 0) is 14.3 Å². The van der Waals surface area contributed by atoms with Crippen molar-refractivity contribution in [2.24, 2.45) is 11.8 Å². The highest BCUT2D eigenvalue weighted by atomic mass is 16.5. The van der Waals surface area contributed by atoms with Gasteiger partial charge in [-0.25, -0.2) is 0 Å². The third-order valence-electron chi connectivity index (χ3n) is 8.07. The Bertz CT molecular complexity index is 1110. The van der Waals surface area contributed by atoms with E-state index in [2.05, 4.69) is 15.5 Å². The zero-order valence-electron chi connectivity index (χ0n) is 24.0. The Kier molecular flexibility index (Phi) is 10.7. The summed E-state index contributed by atoms with van der Waals surface area (Å²) in [7, 11) is 0. The molecule has 0 saturated heterocycles. The molecule has 0 unspecified atom stereocenters. The molecule has 218 valence electrons. The van der Waals surface area contributed by atoms with Crippen molar-refractivity contribution in [3.8, 4) is 5.75 Å². The lowest BCUT2D eigenvalue weighted by molar-refractivity contribution is -0.149. The van der Waals surface area contributed by atoms with Crippen molar-refractivity contribution in [2.75, 3.05) is 13.2 Å². The van der Waals surface area contributed by atoms with Crippen molar-refractivity contribution in [3.05, 3.63) is 41.5 Å². The Morgan fingerprint density at radius 2 is 1.65 bits per heavy atom. The summed E-state index contributed by atoms with van der Waals surface area (Å²) in [5.41, 5.74) is 0.644. The second-order valence-electron chi connectivity index (χ2n) is 11.4. The molecule has 2 aromatic rings. The summed E-state index contributed by atoms with van der Waals surface area (Å²) in [6.07, 6.45) is 7.60. The highest BCUT2D eigenvalue weighted by molar-refractivity contribution is 5.96. The molecule has 0 atom stereocenters. The van der Waals surface area contributed by atoms with E-state index in [1.807, 2.05) is 32.9 Å². The van der Waals surface area contributed by atoms with Gasteiger partial charge in [0.15, 0.2) is 11.6 Å². The number of ether oxygens (including phenoxy) is 2. The normalized spacial score (nSPS) is 23.0. The van der Waals surface area contributed by atoms with Gasteiger partial charge in [-0.15, -0.1) is 0 Å². The first-order chi connectivity index (χ1) is 19.3. The van der Waals surface area contributed by atoms with E-state index in [1.165, 1.54) is 0 Å². The molecular weight excluding hydrogens is 510 g/mol. The van der Waals surface area contributed by atoms with Gasteiger partial charge in [-0.3, -0.25) is 14.4 Å². The molecule has 1 heterocycles.